The Balaban J connectivity index is 2.68. The van der Waals surface area contributed by atoms with Crippen LogP contribution in [0.25, 0.3) is 0 Å². The summed E-state index contributed by atoms with van der Waals surface area (Å²) in [6, 6.07) is 4.62. The Morgan fingerprint density at radius 2 is 2.06 bits per heavy atom. The van der Waals surface area contributed by atoms with Crippen molar-refractivity contribution in [3.63, 3.8) is 0 Å². The van der Waals surface area contributed by atoms with Crippen molar-refractivity contribution in [2.45, 2.75) is 52.0 Å². The molecule has 1 aromatic rings. The Labute approximate surface area is 105 Å². The fourth-order valence-corrected chi connectivity index (χ4v) is 1.71. The molecule has 3 nitrogen and oxygen atoms in total. The molecule has 17 heavy (non-hydrogen) atoms. The van der Waals surface area contributed by atoms with E-state index in [2.05, 4.69) is 50.1 Å². The van der Waals surface area contributed by atoms with Crippen LogP contribution in [0.2, 0.25) is 0 Å². The monoisotopic (exact) mass is 235 g/mol. The van der Waals surface area contributed by atoms with Gasteiger partial charge < -0.3 is 11.1 Å². The molecule has 0 aromatic carbocycles. The van der Waals surface area contributed by atoms with Crippen LogP contribution < -0.4 is 11.1 Å². The first-order valence-corrected chi connectivity index (χ1v) is 6.40. The van der Waals surface area contributed by atoms with Crippen LogP contribution in [0, 0.1) is 0 Å². The zero-order chi connectivity index (χ0) is 12.9. The lowest BCUT2D eigenvalue weighted by Crippen LogP contribution is -2.23. The van der Waals surface area contributed by atoms with Gasteiger partial charge in [0.15, 0.2) is 0 Å². The normalized spacial score (nSPS) is 13.5. The van der Waals surface area contributed by atoms with E-state index >= 15 is 0 Å². The SMILES string of the molecule is CCC(CCN)Nc1ccc(C(C)(C)C)cn1. The second kappa shape index (κ2) is 6.01. The van der Waals surface area contributed by atoms with Crippen molar-refractivity contribution in [1.82, 2.24) is 4.98 Å². The third-order valence-electron chi connectivity index (χ3n) is 2.99. The van der Waals surface area contributed by atoms with Crippen LogP contribution in [0.15, 0.2) is 18.3 Å². The molecule has 0 spiro atoms. The maximum absolute atomic E-state index is 5.58. The molecule has 0 radical (unpaired) electrons. The van der Waals surface area contributed by atoms with Gasteiger partial charge >= 0.3 is 0 Å². The van der Waals surface area contributed by atoms with Crippen molar-refractivity contribution in [2.24, 2.45) is 5.73 Å². The molecule has 0 aliphatic rings. The molecule has 1 heterocycles. The predicted octanol–water partition coefficient (Wildman–Crippen LogP) is 2.92. The molecule has 0 bridgehead atoms. The number of nitrogens with zero attached hydrogens (tertiary/aromatic N) is 1. The summed E-state index contributed by atoms with van der Waals surface area (Å²) in [6.45, 7) is 9.46. The topological polar surface area (TPSA) is 50.9 Å². The van der Waals surface area contributed by atoms with Gasteiger partial charge in [-0.1, -0.05) is 33.8 Å². The largest absolute Gasteiger partial charge is 0.367 e. The van der Waals surface area contributed by atoms with Gasteiger partial charge in [0, 0.05) is 12.2 Å². The van der Waals surface area contributed by atoms with Crippen LogP contribution in [0.5, 0.6) is 0 Å². The first-order valence-electron chi connectivity index (χ1n) is 6.40. The lowest BCUT2D eigenvalue weighted by molar-refractivity contribution is 0.587. The van der Waals surface area contributed by atoms with Gasteiger partial charge in [0.2, 0.25) is 0 Å². The van der Waals surface area contributed by atoms with Crippen LogP contribution in [0.1, 0.15) is 46.1 Å². The fraction of sp³-hybridized carbons (Fsp3) is 0.643. The van der Waals surface area contributed by atoms with E-state index in [1.54, 1.807) is 0 Å². The average Bonchev–Trinajstić information content (AvgIpc) is 2.28. The van der Waals surface area contributed by atoms with Gasteiger partial charge in [-0.2, -0.15) is 0 Å². The highest BCUT2D eigenvalue weighted by Crippen LogP contribution is 2.22. The van der Waals surface area contributed by atoms with Crippen LogP contribution in [0.3, 0.4) is 0 Å². The van der Waals surface area contributed by atoms with Crippen molar-refractivity contribution in [1.29, 1.82) is 0 Å². The highest BCUT2D eigenvalue weighted by atomic mass is 15.0. The second-order valence-corrected chi connectivity index (χ2v) is 5.51. The van der Waals surface area contributed by atoms with Crippen molar-refractivity contribution in [3.8, 4) is 0 Å². The van der Waals surface area contributed by atoms with E-state index in [0.29, 0.717) is 12.6 Å². The highest BCUT2D eigenvalue weighted by molar-refractivity contribution is 5.38. The smallest absolute Gasteiger partial charge is 0.126 e. The fourth-order valence-electron chi connectivity index (χ4n) is 1.71. The first kappa shape index (κ1) is 14.0. The molecule has 3 N–H and O–H groups in total. The van der Waals surface area contributed by atoms with Crippen molar-refractivity contribution >= 4 is 5.82 Å². The van der Waals surface area contributed by atoms with E-state index < -0.39 is 0 Å². The minimum Gasteiger partial charge on any atom is -0.367 e. The van der Waals surface area contributed by atoms with Crippen LogP contribution >= 0.6 is 0 Å². The van der Waals surface area contributed by atoms with E-state index in [4.69, 9.17) is 5.73 Å². The van der Waals surface area contributed by atoms with Crippen LogP contribution in [-0.4, -0.2) is 17.6 Å². The van der Waals surface area contributed by atoms with Gasteiger partial charge in [0.05, 0.1) is 0 Å². The lowest BCUT2D eigenvalue weighted by Gasteiger charge is -2.20. The van der Waals surface area contributed by atoms with E-state index in [-0.39, 0.29) is 5.41 Å². The van der Waals surface area contributed by atoms with Gasteiger partial charge in [-0.15, -0.1) is 0 Å². The van der Waals surface area contributed by atoms with Crippen molar-refractivity contribution in [3.05, 3.63) is 23.9 Å². The summed E-state index contributed by atoms with van der Waals surface area (Å²) in [6.07, 6.45) is 4.01. The molecule has 1 unspecified atom stereocenters. The number of pyridine rings is 1. The van der Waals surface area contributed by atoms with E-state index in [9.17, 15) is 0 Å². The summed E-state index contributed by atoms with van der Waals surface area (Å²) in [5, 5.41) is 3.42. The van der Waals surface area contributed by atoms with Gasteiger partial charge in [0.25, 0.3) is 0 Å². The molecule has 0 saturated carbocycles. The number of nitrogens with two attached hydrogens (primary N) is 1. The molecule has 3 heteroatoms. The minimum atomic E-state index is 0.160. The molecule has 1 aromatic heterocycles. The van der Waals surface area contributed by atoms with E-state index in [1.165, 1.54) is 5.56 Å². The Morgan fingerprint density at radius 3 is 2.47 bits per heavy atom. The minimum absolute atomic E-state index is 0.160. The maximum Gasteiger partial charge on any atom is 0.126 e. The number of anilines is 1. The summed E-state index contributed by atoms with van der Waals surface area (Å²) in [5.41, 5.74) is 7.00. The number of rotatable bonds is 5. The molecule has 1 rings (SSSR count). The molecule has 96 valence electrons. The van der Waals surface area contributed by atoms with Gasteiger partial charge in [0.1, 0.15) is 5.82 Å². The van der Waals surface area contributed by atoms with Crippen molar-refractivity contribution < 1.29 is 0 Å². The quantitative estimate of drug-likeness (QED) is 0.825. The molecule has 0 fully saturated rings. The third kappa shape index (κ3) is 4.35. The maximum atomic E-state index is 5.58. The molecule has 1 atom stereocenters. The number of hydrogen-bond donors (Lipinski definition) is 2. The average molecular weight is 235 g/mol. The lowest BCUT2D eigenvalue weighted by atomic mass is 9.88. The third-order valence-corrected chi connectivity index (χ3v) is 2.99. The Morgan fingerprint density at radius 1 is 1.35 bits per heavy atom. The van der Waals surface area contributed by atoms with Crippen LogP contribution in [0.4, 0.5) is 5.82 Å². The molecule has 0 saturated heterocycles. The van der Waals surface area contributed by atoms with Crippen LogP contribution in [-0.2, 0) is 5.41 Å². The van der Waals surface area contributed by atoms with Gasteiger partial charge in [-0.25, -0.2) is 4.98 Å². The molecule has 0 aliphatic heterocycles. The summed E-state index contributed by atoms with van der Waals surface area (Å²) < 4.78 is 0. The standard InChI is InChI=1S/C14H25N3/c1-5-12(8-9-15)17-13-7-6-11(10-16-13)14(2,3)4/h6-7,10,12H,5,8-9,15H2,1-4H3,(H,16,17). The molecule has 0 aliphatic carbocycles. The second-order valence-electron chi connectivity index (χ2n) is 5.51. The summed E-state index contributed by atoms with van der Waals surface area (Å²) in [5.74, 6) is 0.943. The summed E-state index contributed by atoms with van der Waals surface area (Å²) in [7, 11) is 0. The molecular formula is C14H25N3. The van der Waals surface area contributed by atoms with E-state index in [0.717, 1.165) is 18.7 Å². The van der Waals surface area contributed by atoms with Gasteiger partial charge in [-0.3, -0.25) is 0 Å². The Hall–Kier alpha value is -1.09. The van der Waals surface area contributed by atoms with Crippen molar-refractivity contribution in [2.75, 3.05) is 11.9 Å². The Kier molecular flexibility index (Phi) is 4.94. The zero-order valence-electron chi connectivity index (χ0n) is 11.5. The molecule has 0 amide bonds. The predicted molar refractivity (Wildman–Crippen MR) is 74.3 cm³/mol. The van der Waals surface area contributed by atoms with Gasteiger partial charge in [-0.05, 0) is 36.4 Å². The summed E-state index contributed by atoms with van der Waals surface area (Å²) >= 11 is 0. The number of aromatic nitrogens is 1. The zero-order valence-corrected chi connectivity index (χ0v) is 11.5. The molecular weight excluding hydrogens is 210 g/mol. The first-order chi connectivity index (χ1) is 7.97. The number of hydrogen-bond acceptors (Lipinski definition) is 3. The summed E-state index contributed by atoms with van der Waals surface area (Å²) in [4.78, 5) is 4.46. The van der Waals surface area contributed by atoms with E-state index in [1.807, 2.05) is 6.20 Å². The Bertz CT molecular complexity index is 324. The number of nitrogens with one attached hydrogen (secondary N) is 1. The highest BCUT2D eigenvalue weighted by Gasteiger charge is 2.14.